The summed E-state index contributed by atoms with van der Waals surface area (Å²) in [6.07, 6.45) is 1.41. The van der Waals surface area contributed by atoms with Gasteiger partial charge < -0.3 is 4.74 Å². The van der Waals surface area contributed by atoms with E-state index in [0.29, 0.717) is 11.8 Å². The fourth-order valence-electron chi connectivity index (χ4n) is 3.89. The van der Waals surface area contributed by atoms with Gasteiger partial charge in [-0.2, -0.15) is 0 Å². The second kappa shape index (κ2) is 3.69. The highest BCUT2D eigenvalue weighted by Gasteiger charge is 2.45. The molecule has 3 atom stereocenters. The molecule has 0 N–H and O–H groups in total. The number of fused-ring (bicyclic) bond motifs is 5. The van der Waals surface area contributed by atoms with E-state index >= 15 is 0 Å². The molecule has 18 heavy (non-hydrogen) atoms. The molecule has 2 aromatic rings. The van der Waals surface area contributed by atoms with E-state index in [9.17, 15) is 0 Å². The minimum Gasteiger partial charge on any atom is -0.376 e. The number of methoxy groups -OCH3 is 1. The molecule has 0 heterocycles. The van der Waals surface area contributed by atoms with Gasteiger partial charge in [-0.1, -0.05) is 48.5 Å². The van der Waals surface area contributed by atoms with Crippen LogP contribution in [0.1, 0.15) is 34.3 Å². The van der Waals surface area contributed by atoms with Crippen molar-refractivity contribution in [1.29, 1.82) is 0 Å². The van der Waals surface area contributed by atoms with E-state index in [1.165, 1.54) is 22.3 Å². The molecule has 0 saturated heterocycles. The van der Waals surface area contributed by atoms with Crippen molar-refractivity contribution in [1.82, 2.24) is 0 Å². The molecule has 2 aliphatic rings. The molecular formula is C17H16O. The lowest BCUT2D eigenvalue weighted by molar-refractivity contribution is 0.0617. The van der Waals surface area contributed by atoms with Crippen LogP contribution in [0.5, 0.6) is 0 Å². The maximum absolute atomic E-state index is 5.78. The third-order valence-electron chi connectivity index (χ3n) is 4.55. The van der Waals surface area contributed by atoms with Crippen molar-refractivity contribution in [2.24, 2.45) is 5.92 Å². The summed E-state index contributed by atoms with van der Waals surface area (Å²) in [5.41, 5.74) is 5.88. The molecule has 2 aliphatic carbocycles. The molecule has 0 amide bonds. The Bertz CT molecular complexity index is 602. The lowest BCUT2D eigenvalue weighted by Gasteiger charge is -2.17. The fraction of sp³-hybridized carbons (Fsp3) is 0.294. The Labute approximate surface area is 107 Å². The summed E-state index contributed by atoms with van der Waals surface area (Å²) in [5.74, 6) is 1.13. The van der Waals surface area contributed by atoms with Gasteiger partial charge in [-0.3, -0.25) is 0 Å². The van der Waals surface area contributed by atoms with Crippen molar-refractivity contribution in [3.8, 4) is 0 Å². The summed E-state index contributed by atoms with van der Waals surface area (Å²) in [6, 6.07) is 17.6. The summed E-state index contributed by atoms with van der Waals surface area (Å²) in [4.78, 5) is 0. The van der Waals surface area contributed by atoms with Crippen LogP contribution in [0.2, 0.25) is 0 Å². The van der Waals surface area contributed by atoms with Gasteiger partial charge >= 0.3 is 0 Å². The van der Waals surface area contributed by atoms with E-state index in [0.717, 1.165) is 6.42 Å². The number of ether oxygens (including phenoxy) is 1. The van der Waals surface area contributed by atoms with Crippen molar-refractivity contribution >= 4 is 0 Å². The van der Waals surface area contributed by atoms with E-state index in [-0.39, 0.29) is 6.10 Å². The van der Waals surface area contributed by atoms with Crippen molar-refractivity contribution in [3.63, 3.8) is 0 Å². The van der Waals surface area contributed by atoms with Crippen molar-refractivity contribution in [2.45, 2.75) is 18.4 Å². The molecule has 0 radical (unpaired) electrons. The first-order valence-corrected chi connectivity index (χ1v) is 6.59. The standard InChI is InChI=1S/C17H16O/c1-18-17-14-9-5-4-8-13(14)16-12-7-3-2-6-11(12)10-15(16)17/h2-9,15-17H,10H2,1H3/t15-,16-,17-/m1/s1. The van der Waals surface area contributed by atoms with Gasteiger partial charge in [-0.15, -0.1) is 0 Å². The van der Waals surface area contributed by atoms with Gasteiger partial charge in [-0.25, -0.2) is 0 Å². The Morgan fingerprint density at radius 3 is 2.33 bits per heavy atom. The average Bonchev–Trinajstić information content (AvgIpc) is 2.92. The molecule has 90 valence electrons. The SMILES string of the molecule is CO[C@@H]1c2ccccc2[C@H]2c3ccccc3C[C@H]21. The number of hydrogen-bond acceptors (Lipinski definition) is 1. The molecule has 0 spiro atoms. The van der Waals surface area contributed by atoms with Gasteiger partial charge in [0.15, 0.2) is 0 Å². The Kier molecular flexibility index (Phi) is 2.12. The van der Waals surface area contributed by atoms with Gasteiger partial charge in [0.1, 0.15) is 0 Å². The molecule has 0 aromatic heterocycles. The summed E-state index contributed by atoms with van der Waals surface area (Å²) in [5, 5.41) is 0. The molecule has 0 aliphatic heterocycles. The Hall–Kier alpha value is -1.60. The molecule has 1 heteroatoms. The number of hydrogen-bond donors (Lipinski definition) is 0. The van der Waals surface area contributed by atoms with Crippen LogP contribution in [0.3, 0.4) is 0 Å². The van der Waals surface area contributed by atoms with Gasteiger partial charge in [0, 0.05) is 18.9 Å². The first-order valence-electron chi connectivity index (χ1n) is 6.59. The molecule has 0 bridgehead atoms. The lowest BCUT2D eigenvalue weighted by atomic mass is 9.92. The number of benzene rings is 2. The monoisotopic (exact) mass is 236 g/mol. The van der Waals surface area contributed by atoms with E-state index in [2.05, 4.69) is 48.5 Å². The smallest absolute Gasteiger partial charge is 0.0864 e. The first kappa shape index (κ1) is 10.3. The van der Waals surface area contributed by atoms with Gasteiger partial charge in [-0.05, 0) is 28.7 Å². The predicted molar refractivity (Wildman–Crippen MR) is 71.7 cm³/mol. The van der Waals surface area contributed by atoms with Gasteiger partial charge in [0.25, 0.3) is 0 Å². The number of rotatable bonds is 1. The third-order valence-corrected chi connectivity index (χ3v) is 4.55. The zero-order valence-corrected chi connectivity index (χ0v) is 10.5. The second-order valence-corrected chi connectivity index (χ2v) is 5.33. The van der Waals surface area contributed by atoms with E-state index in [4.69, 9.17) is 4.74 Å². The Morgan fingerprint density at radius 1 is 0.889 bits per heavy atom. The van der Waals surface area contributed by atoms with Crippen LogP contribution >= 0.6 is 0 Å². The van der Waals surface area contributed by atoms with Gasteiger partial charge in [0.2, 0.25) is 0 Å². The van der Waals surface area contributed by atoms with Gasteiger partial charge in [0.05, 0.1) is 6.10 Å². The molecule has 1 nitrogen and oxygen atoms in total. The maximum atomic E-state index is 5.78. The van der Waals surface area contributed by atoms with Crippen molar-refractivity contribution < 1.29 is 4.74 Å². The van der Waals surface area contributed by atoms with Crippen molar-refractivity contribution in [3.05, 3.63) is 70.8 Å². The van der Waals surface area contributed by atoms with Crippen LogP contribution in [0.25, 0.3) is 0 Å². The Balaban J connectivity index is 1.93. The lowest BCUT2D eigenvalue weighted by Crippen LogP contribution is -2.11. The van der Waals surface area contributed by atoms with Crippen LogP contribution in [0, 0.1) is 5.92 Å². The maximum Gasteiger partial charge on any atom is 0.0864 e. The minimum atomic E-state index is 0.263. The summed E-state index contributed by atoms with van der Waals surface area (Å²) < 4.78 is 5.78. The molecule has 0 saturated carbocycles. The van der Waals surface area contributed by atoms with Crippen LogP contribution in [-0.2, 0) is 11.2 Å². The molecule has 0 unspecified atom stereocenters. The topological polar surface area (TPSA) is 9.23 Å². The van der Waals surface area contributed by atoms with E-state index in [1.54, 1.807) is 0 Å². The zero-order chi connectivity index (χ0) is 12.1. The Morgan fingerprint density at radius 2 is 1.56 bits per heavy atom. The summed E-state index contributed by atoms with van der Waals surface area (Å²) in [6.45, 7) is 0. The largest absolute Gasteiger partial charge is 0.376 e. The second-order valence-electron chi connectivity index (χ2n) is 5.33. The highest BCUT2D eigenvalue weighted by molar-refractivity contribution is 5.51. The van der Waals surface area contributed by atoms with Crippen LogP contribution in [0.4, 0.5) is 0 Å². The van der Waals surface area contributed by atoms with Crippen LogP contribution < -0.4 is 0 Å². The fourth-order valence-corrected chi connectivity index (χ4v) is 3.89. The predicted octanol–water partition coefficient (Wildman–Crippen LogP) is 3.69. The minimum absolute atomic E-state index is 0.263. The first-order chi connectivity index (χ1) is 8.90. The molecule has 4 rings (SSSR count). The van der Waals surface area contributed by atoms with Crippen molar-refractivity contribution in [2.75, 3.05) is 7.11 Å². The molecular weight excluding hydrogens is 220 g/mol. The van der Waals surface area contributed by atoms with Crippen LogP contribution in [-0.4, -0.2) is 7.11 Å². The summed E-state index contributed by atoms with van der Waals surface area (Å²) in [7, 11) is 1.84. The highest BCUT2D eigenvalue weighted by atomic mass is 16.5. The quantitative estimate of drug-likeness (QED) is 0.733. The van der Waals surface area contributed by atoms with E-state index < -0.39 is 0 Å². The van der Waals surface area contributed by atoms with E-state index in [1.807, 2.05) is 7.11 Å². The van der Waals surface area contributed by atoms with Crippen LogP contribution in [0.15, 0.2) is 48.5 Å². The third kappa shape index (κ3) is 1.20. The average molecular weight is 236 g/mol. The highest BCUT2D eigenvalue weighted by Crippen LogP contribution is 2.55. The summed E-state index contributed by atoms with van der Waals surface area (Å²) >= 11 is 0. The molecule has 2 aromatic carbocycles. The molecule has 0 fully saturated rings. The normalized spacial score (nSPS) is 27.7. The zero-order valence-electron chi connectivity index (χ0n) is 10.5.